The third kappa shape index (κ3) is 3.79. The van der Waals surface area contributed by atoms with E-state index in [9.17, 15) is 14.3 Å². The number of nitrogens with zero attached hydrogens (tertiary/aromatic N) is 3. The molecule has 1 unspecified atom stereocenters. The summed E-state index contributed by atoms with van der Waals surface area (Å²) in [5.41, 5.74) is 11.7. The summed E-state index contributed by atoms with van der Waals surface area (Å²) in [5.74, 6) is 0. The molecule has 0 radical (unpaired) electrons. The molecule has 0 aliphatic heterocycles. The Hall–Kier alpha value is -2.40. The van der Waals surface area contributed by atoms with Gasteiger partial charge in [-0.25, -0.2) is 0 Å². The van der Waals surface area contributed by atoms with Crippen molar-refractivity contribution in [1.29, 1.82) is 0 Å². The van der Waals surface area contributed by atoms with Crippen molar-refractivity contribution in [3.8, 4) is 0 Å². The maximum absolute atomic E-state index is 11.0. The van der Waals surface area contributed by atoms with Crippen molar-refractivity contribution in [2.45, 2.75) is 6.92 Å². The van der Waals surface area contributed by atoms with Gasteiger partial charge >= 0.3 is 5.71 Å². The summed E-state index contributed by atoms with van der Waals surface area (Å²) in [4.78, 5) is 3.23. The Morgan fingerprint density at radius 1 is 1.10 bits per heavy atom. The van der Waals surface area contributed by atoms with Gasteiger partial charge in [-0.2, -0.15) is 9.19 Å². The zero-order valence-electron chi connectivity index (χ0n) is 11.3. The summed E-state index contributed by atoms with van der Waals surface area (Å²) in [7, 11) is 0. The molecule has 0 fully saturated rings. The van der Waals surface area contributed by atoms with E-state index in [-0.39, 0.29) is 11.4 Å². The van der Waals surface area contributed by atoms with E-state index >= 15 is 0 Å². The second-order valence-corrected chi connectivity index (χ2v) is 4.95. The number of benzene rings is 2. The first-order valence-electron chi connectivity index (χ1n) is 6.15. The average molecular weight is 298 g/mol. The van der Waals surface area contributed by atoms with Crippen LogP contribution in [0.25, 0.3) is 5.53 Å². The van der Waals surface area contributed by atoms with E-state index < -0.39 is 11.3 Å². The minimum atomic E-state index is -2.65. The monoisotopic (exact) mass is 298 g/mol. The lowest BCUT2D eigenvalue weighted by Gasteiger charge is -2.05. The first-order valence-corrected chi connectivity index (χ1v) is 7.18. The molecule has 1 atom stereocenters. The van der Waals surface area contributed by atoms with Crippen molar-refractivity contribution in [1.82, 2.24) is 0 Å². The van der Waals surface area contributed by atoms with E-state index in [1.807, 2.05) is 19.1 Å². The van der Waals surface area contributed by atoms with E-state index in [1.165, 1.54) is 0 Å². The van der Waals surface area contributed by atoms with Gasteiger partial charge in [0.05, 0.1) is 16.8 Å². The normalized spacial score (nSPS) is 12.6. The van der Waals surface area contributed by atoms with Gasteiger partial charge in [-0.1, -0.05) is 48.0 Å². The van der Waals surface area contributed by atoms with Gasteiger partial charge in [0.25, 0.3) is 0 Å². The van der Waals surface area contributed by atoms with Crippen molar-refractivity contribution in [2.75, 3.05) is 0 Å². The second kappa shape index (κ2) is 6.85. The van der Waals surface area contributed by atoms with Gasteiger partial charge in [-0.05, 0) is 19.1 Å². The molecule has 2 rings (SSSR count). The van der Waals surface area contributed by atoms with Crippen molar-refractivity contribution >= 4 is 22.7 Å². The molecular formula is C15H12N3O2S-. The van der Waals surface area contributed by atoms with Crippen molar-refractivity contribution in [3.63, 3.8) is 0 Å². The Bertz CT molecular complexity index is 733. The standard InChI is InChI=1S/C15H13N3O2S/c1-11-7-9-13(10-8-11)14(17-16)15(18-21(19)20)12-5-3-2-4-6-12/h2-10H,1H3,(H,19,20)/p-1/b18-15+. The van der Waals surface area contributed by atoms with E-state index in [4.69, 9.17) is 0 Å². The molecule has 21 heavy (non-hydrogen) atoms. The lowest BCUT2D eigenvalue weighted by Crippen LogP contribution is -2.19. The highest BCUT2D eigenvalue weighted by molar-refractivity contribution is 7.78. The lowest BCUT2D eigenvalue weighted by molar-refractivity contribution is -0.000421. The molecule has 0 bridgehead atoms. The molecule has 0 saturated carbocycles. The molecule has 6 heteroatoms. The van der Waals surface area contributed by atoms with Crippen LogP contribution in [0.3, 0.4) is 0 Å². The molecule has 0 aliphatic rings. The van der Waals surface area contributed by atoms with Crippen molar-refractivity contribution in [2.24, 2.45) is 4.40 Å². The minimum absolute atomic E-state index is 0.0929. The molecule has 0 saturated heterocycles. The quantitative estimate of drug-likeness (QED) is 0.375. The average Bonchev–Trinajstić information content (AvgIpc) is 2.49. The van der Waals surface area contributed by atoms with Crippen molar-refractivity contribution in [3.05, 3.63) is 76.8 Å². The topological polar surface area (TPSA) is 88.9 Å². The Morgan fingerprint density at radius 3 is 2.24 bits per heavy atom. The molecule has 2 aromatic rings. The predicted octanol–water partition coefficient (Wildman–Crippen LogP) is 2.30. The second-order valence-electron chi connectivity index (χ2n) is 4.34. The van der Waals surface area contributed by atoms with Crippen LogP contribution in [-0.4, -0.2) is 25.0 Å². The summed E-state index contributed by atoms with van der Waals surface area (Å²) in [6.45, 7) is 1.93. The van der Waals surface area contributed by atoms with Gasteiger partial charge in [0.15, 0.2) is 5.71 Å². The lowest BCUT2D eigenvalue weighted by atomic mass is 9.99. The SMILES string of the molecule is Cc1ccc(C(=[N+]=[N-])/C(=N/S(=O)[O-])c2ccccc2)cc1. The van der Waals surface area contributed by atoms with Crippen LogP contribution in [0.15, 0.2) is 59.0 Å². The summed E-state index contributed by atoms with van der Waals surface area (Å²) >= 11 is -2.65. The van der Waals surface area contributed by atoms with Crippen LogP contribution >= 0.6 is 0 Å². The smallest absolute Gasteiger partial charge is 0.349 e. The first kappa shape index (κ1) is 15.0. The molecule has 106 valence electrons. The molecule has 5 nitrogen and oxygen atoms in total. The summed E-state index contributed by atoms with van der Waals surface area (Å²) in [6.07, 6.45) is 0. The Balaban J connectivity index is 2.57. The molecule has 0 heterocycles. The minimum Gasteiger partial charge on any atom is -0.754 e. The summed E-state index contributed by atoms with van der Waals surface area (Å²) < 4.78 is 25.5. The van der Waals surface area contributed by atoms with Gasteiger partial charge in [-0.3, -0.25) is 4.21 Å². The van der Waals surface area contributed by atoms with Gasteiger partial charge in [0.2, 0.25) is 0 Å². The largest absolute Gasteiger partial charge is 0.754 e. The fraction of sp³-hybridized carbons (Fsp3) is 0.0667. The van der Waals surface area contributed by atoms with E-state index in [0.29, 0.717) is 11.1 Å². The number of hydrogen-bond acceptors (Lipinski definition) is 2. The van der Waals surface area contributed by atoms with Crippen LogP contribution in [0.5, 0.6) is 0 Å². The Kier molecular flexibility index (Phi) is 4.90. The Morgan fingerprint density at radius 2 is 1.71 bits per heavy atom. The maximum Gasteiger partial charge on any atom is 0.349 e. The van der Waals surface area contributed by atoms with Crippen LogP contribution in [0, 0.1) is 6.92 Å². The summed E-state index contributed by atoms with van der Waals surface area (Å²) in [6, 6.07) is 15.9. The fourth-order valence-electron chi connectivity index (χ4n) is 1.86. The third-order valence-corrected chi connectivity index (χ3v) is 3.19. The number of rotatable bonds is 4. The van der Waals surface area contributed by atoms with Crippen LogP contribution in [-0.2, 0) is 11.3 Å². The van der Waals surface area contributed by atoms with Crippen molar-refractivity contribution < 1.29 is 13.6 Å². The molecule has 0 N–H and O–H groups in total. The summed E-state index contributed by atoms with van der Waals surface area (Å²) in [5, 5.41) is 0. The maximum atomic E-state index is 11.0. The van der Waals surface area contributed by atoms with Crippen LogP contribution in [0.4, 0.5) is 0 Å². The Labute approximate surface area is 125 Å². The highest BCUT2D eigenvalue weighted by Crippen LogP contribution is 2.10. The molecule has 0 amide bonds. The van der Waals surface area contributed by atoms with E-state index in [0.717, 1.165) is 5.56 Å². The van der Waals surface area contributed by atoms with Gasteiger partial charge in [0, 0.05) is 5.56 Å². The first-order chi connectivity index (χ1) is 10.1. The van der Waals surface area contributed by atoms with E-state index in [1.54, 1.807) is 42.5 Å². The predicted molar refractivity (Wildman–Crippen MR) is 80.8 cm³/mol. The number of hydrogen-bond donors (Lipinski definition) is 0. The number of aryl methyl sites for hydroxylation is 1. The zero-order valence-corrected chi connectivity index (χ0v) is 12.1. The zero-order chi connectivity index (χ0) is 15.2. The highest BCUT2D eigenvalue weighted by Gasteiger charge is 2.22. The fourth-order valence-corrected chi connectivity index (χ4v) is 2.20. The van der Waals surface area contributed by atoms with E-state index in [2.05, 4.69) is 9.19 Å². The molecule has 0 spiro atoms. The highest BCUT2D eigenvalue weighted by atomic mass is 32.2. The van der Waals surface area contributed by atoms with Crippen LogP contribution < -0.4 is 0 Å². The molecule has 2 aromatic carbocycles. The molecular weight excluding hydrogens is 286 g/mol. The van der Waals surface area contributed by atoms with Gasteiger partial charge < -0.3 is 10.1 Å². The third-order valence-electron chi connectivity index (χ3n) is 2.86. The molecule has 0 aromatic heterocycles. The molecule has 0 aliphatic carbocycles. The van der Waals surface area contributed by atoms with Gasteiger partial charge in [-0.15, -0.1) is 0 Å². The van der Waals surface area contributed by atoms with Gasteiger partial charge in [0.1, 0.15) is 0 Å². The van der Waals surface area contributed by atoms with Crippen LogP contribution in [0.2, 0.25) is 0 Å². The van der Waals surface area contributed by atoms with Crippen LogP contribution in [0.1, 0.15) is 16.7 Å².